The maximum Gasteiger partial charge on any atom is 0.265 e. The van der Waals surface area contributed by atoms with E-state index in [9.17, 15) is 14.4 Å². The number of benzene rings is 1. The van der Waals surface area contributed by atoms with Crippen molar-refractivity contribution < 1.29 is 23.9 Å². The molecule has 1 aromatic carbocycles. The highest BCUT2D eigenvalue weighted by Crippen LogP contribution is 2.32. The lowest BCUT2D eigenvalue weighted by molar-refractivity contribution is -0.135. The van der Waals surface area contributed by atoms with Gasteiger partial charge >= 0.3 is 0 Å². The van der Waals surface area contributed by atoms with Crippen molar-refractivity contribution >= 4 is 23.8 Å². The summed E-state index contributed by atoms with van der Waals surface area (Å²) in [5.41, 5.74) is 0.892. The topological polar surface area (TPSA) is 76.2 Å². The quantitative estimate of drug-likeness (QED) is 0.739. The number of carbonyl (C=O) groups is 3. The molecule has 0 radical (unpaired) electrons. The first-order chi connectivity index (χ1) is 10.7. The summed E-state index contributed by atoms with van der Waals surface area (Å²) in [6, 6.07) is 4.81. The number of aldehydes is 1. The molecule has 3 rings (SSSR count). The summed E-state index contributed by atoms with van der Waals surface area (Å²) in [6.07, 6.45) is 0.696. The molecule has 7 heteroatoms. The summed E-state index contributed by atoms with van der Waals surface area (Å²) in [7, 11) is 0. The van der Waals surface area contributed by atoms with E-state index in [1.807, 2.05) is 0 Å². The van der Waals surface area contributed by atoms with Crippen LogP contribution < -0.4 is 9.64 Å². The molecule has 2 heterocycles. The number of ether oxygens (including phenoxy) is 2. The van der Waals surface area contributed by atoms with Crippen LogP contribution in [0.3, 0.4) is 0 Å². The van der Waals surface area contributed by atoms with Crippen LogP contribution in [0.2, 0.25) is 0 Å². The van der Waals surface area contributed by atoms with E-state index in [2.05, 4.69) is 0 Å². The molecule has 7 nitrogen and oxygen atoms in total. The molecule has 1 fully saturated rings. The molecule has 0 unspecified atom stereocenters. The average molecular weight is 304 g/mol. The lowest BCUT2D eigenvalue weighted by Gasteiger charge is -2.32. The van der Waals surface area contributed by atoms with Gasteiger partial charge in [-0.1, -0.05) is 0 Å². The van der Waals surface area contributed by atoms with Crippen LogP contribution in [0.15, 0.2) is 18.2 Å². The maximum absolute atomic E-state index is 12.3. The lowest BCUT2D eigenvalue weighted by Crippen LogP contribution is -2.49. The summed E-state index contributed by atoms with van der Waals surface area (Å²) in [6.45, 7) is 1.90. The van der Waals surface area contributed by atoms with Gasteiger partial charge in [0.05, 0.1) is 18.9 Å². The molecule has 2 amide bonds. The third-order valence-electron chi connectivity index (χ3n) is 3.72. The fraction of sp³-hybridized carbons (Fsp3) is 0.400. The summed E-state index contributed by atoms with van der Waals surface area (Å²) in [4.78, 5) is 38.4. The van der Waals surface area contributed by atoms with Crippen LogP contribution in [-0.2, 0) is 14.3 Å². The van der Waals surface area contributed by atoms with Crippen molar-refractivity contribution in [3.8, 4) is 5.75 Å². The van der Waals surface area contributed by atoms with Crippen LogP contribution in [0.25, 0.3) is 0 Å². The average Bonchev–Trinajstić information content (AvgIpc) is 2.57. The molecule has 1 aromatic rings. The van der Waals surface area contributed by atoms with E-state index in [1.54, 1.807) is 23.1 Å². The fourth-order valence-electron chi connectivity index (χ4n) is 2.51. The highest BCUT2D eigenvalue weighted by molar-refractivity contribution is 6.02. The first kappa shape index (κ1) is 14.5. The predicted octanol–water partition coefficient (Wildman–Crippen LogP) is 0.0833. The van der Waals surface area contributed by atoms with Crippen LogP contribution in [0.1, 0.15) is 10.4 Å². The van der Waals surface area contributed by atoms with Crippen LogP contribution >= 0.6 is 0 Å². The Morgan fingerprint density at radius 1 is 1.27 bits per heavy atom. The molecule has 116 valence electrons. The van der Waals surface area contributed by atoms with Crippen molar-refractivity contribution in [1.29, 1.82) is 0 Å². The Morgan fingerprint density at radius 3 is 2.77 bits per heavy atom. The molecule has 0 saturated carbocycles. The highest BCUT2D eigenvalue weighted by Gasteiger charge is 2.29. The smallest absolute Gasteiger partial charge is 0.265 e. The molecule has 0 spiro atoms. The second kappa shape index (κ2) is 6.15. The van der Waals surface area contributed by atoms with Crippen molar-refractivity contribution in [2.75, 3.05) is 44.4 Å². The van der Waals surface area contributed by atoms with Crippen LogP contribution in [0.4, 0.5) is 5.69 Å². The van der Waals surface area contributed by atoms with Crippen molar-refractivity contribution in [3.05, 3.63) is 23.8 Å². The van der Waals surface area contributed by atoms with Crippen LogP contribution in [0.5, 0.6) is 5.75 Å². The number of rotatable bonds is 3. The zero-order chi connectivity index (χ0) is 15.5. The first-order valence-corrected chi connectivity index (χ1v) is 7.07. The fourth-order valence-corrected chi connectivity index (χ4v) is 2.51. The predicted molar refractivity (Wildman–Crippen MR) is 77.1 cm³/mol. The normalized spacial score (nSPS) is 17.7. The molecule has 1 saturated heterocycles. The Bertz CT molecular complexity index is 610. The van der Waals surface area contributed by atoms with E-state index >= 15 is 0 Å². The van der Waals surface area contributed by atoms with E-state index in [-0.39, 0.29) is 25.0 Å². The van der Waals surface area contributed by atoms with E-state index in [4.69, 9.17) is 9.47 Å². The molecular formula is C15H16N2O5. The first-order valence-electron chi connectivity index (χ1n) is 7.07. The largest absolute Gasteiger partial charge is 0.482 e. The summed E-state index contributed by atoms with van der Waals surface area (Å²) in [5.74, 6) is 0.0677. The van der Waals surface area contributed by atoms with Crippen molar-refractivity contribution in [2.24, 2.45) is 0 Å². The molecule has 0 aliphatic carbocycles. The second-order valence-corrected chi connectivity index (χ2v) is 5.11. The maximum atomic E-state index is 12.3. The van der Waals surface area contributed by atoms with Gasteiger partial charge in [0, 0.05) is 18.7 Å². The van der Waals surface area contributed by atoms with Gasteiger partial charge in [-0.25, -0.2) is 0 Å². The van der Waals surface area contributed by atoms with Crippen molar-refractivity contribution in [3.63, 3.8) is 0 Å². The molecule has 22 heavy (non-hydrogen) atoms. The number of hydrogen-bond acceptors (Lipinski definition) is 5. The van der Waals surface area contributed by atoms with E-state index in [1.165, 1.54) is 4.90 Å². The van der Waals surface area contributed by atoms with Gasteiger partial charge in [0.15, 0.2) is 6.61 Å². The molecule has 2 aliphatic rings. The SMILES string of the molecule is O=Cc1ccc2c(c1)N(CC(=O)N1CCOCC1)C(=O)CO2. The van der Waals surface area contributed by atoms with E-state index in [0.717, 1.165) is 0 Å². The third-order valence-corrected chi connectivity index (χ3v) is 3.72. The summed E-state index contributed by atoms with van der Waals surface area (Å²) >= 11 is 0. The number of carbonyl (C=O) groups excluding carboxylic acids is 3. The van der Waals surface area contributed by atoms with Gasteiger partial charge in [-0.3, -0.25) is 19.3 Å². The molecule has 0 atom stereocenters. The Balaban J connectivity index is 1.82. The number of morpholine rings is 1. The van der Waals surface area contributed by atoms with Gasteiger partial charge in [0.1, 0.15) is 18.6 Å². The van der Waals surface area contributed by atoms with Crippen LogP contribution in [-0.4, -0.2) is 62.5 Å². The number of nitrogens with zero attached hydrogens (tertiary/aromatic N) is 2. The van der Waals surface area contributed by atoms with Gasteiger partial charge in [-0.2, -0.15) is 0 Å². The molecular weight excluding hydrogens is 288 g/mol. The summed E-state index contributed by atoms with van der Waals surface area (Å²) < 4.78 is 10.6. The van der Waals surface area contributed by atoms with E-state index in [0.29, 0.717) is 49.6 Å². The number of anilines is 1. The number of fused-ring (bicyclic) bond motifs is 1. The lowest BCUT2D eigenvalue weighted by atomic mass is 10.1. The third kappa shape index (κ3) is 2.80. The highest BCUT2D eigenvalue weighted by atomic mass is 16.5. The molecule has 0 N–H and O–H groups in total. The Morgan fingerprint density at radius 2 is 2.05 bits per heavy atom. The Labute approximate surface area is 127 Å². The van der Waals surface area contributed by atoms with Gasteiger partial charge < -0.3 is 14.4 Å². The van der Waals surface area contributed by atoms with Gasteiger partial charge in [-0.05, 0) is 18.2 Å². The molecule has 0 aromatic heterocycles. The van der Waals surface area contributed by atoms with Gasteiger partial charge in [0.25, 0.3) is 5.91 Å². The minimum Gasteiger partial charge on any atom is -0.482 e. The molecule has 2 aliphatic heterocycles. The van der Waals surface area contributed by atoms with Crippen LogP contribution in [0, 0.1) is 0 Å². The zero-order valence-corrected chi connectivity index (χ0v) is 12.0. The Hall–Kier alpha value is -2.41. The number of amides is 2. The molecule has 0 bridgehead atoms. The van der Waals surface area contributed by atoms with Crippen molar-refractivity contribution in [2.45, 2.75) is 0 Å². The summed E-state index contributed by atoms with van der Waals surface area (Å²) in [5, 5.41) is 0. The van der Waals surface area contributed by atoms with Gasteiger partial charge in [0.2, 0.25) is 5.91 Å². The standard InChI is InChI=1S/C15H16N2O5/c18-9-11-1-2-13-12(7-11)17(15(20)10-22-13)8-14(19)16-3-5-21-6-4-16/h1-2,7,9H,3-6,8,10H2. The number of hydrogen-bond donors (Lipinski definition) is 0. The van der Waals surface area contributed by atoms with Gasteiger partial charge in [-0.15, -0.1) is 0 Å². The second-order valence-electron chi connectivity index (χ2n) is 5.11. The van der Waals surface area contributed by atoms with Crippen molar-refractivity contribution in [1.82, 2.24) is 4.90 Å². The minimum atomic E-state index is -0.294. The van der Waals surface area contributed by atoms with E-state index < -0.39 is 0 Å². The monoisotopic (exact) mass is 304 g/mol. The minimum absolute atomic E-state index is 0.0580. The Kier molecular flexibility index (Phi) is 4.06. The zero-order valence-electron chi connectivity index (χ0n) is 12.0.